The van der Waals surface area contributed by atoms with Crippen LogP contribution in [0.25, 0.3) is 10.1 Å². The highest BCUT2D eigenvalue weighted by Crippen LogP contribution is 2.36. The molecule has 0 bridgehead atoms. The number of hydrogen-bond acceptors (Lipinski definition) is 4. The van der Waals surface area contributed by atoms with Crippen molar-refractivity contribution in [2.45, 2.75) is 25.3 Å². The molecule has 0 saturated heterocycles. The number of likely N-dealkylation sites (N-methyl/N-ethyl adjacent to an activating group) is 1. The van der Waals surface area contributed by atoms with E-state index < -0.39 is 10.0 Å². The van der Waals surface area contributed by atoms with Crippen molar-refractivity contribution in [1.29, 1.82) is 0 Å². The molecule has 114 valence electrons. The molecule has 0 spiro atoms. The summed E-state index contributed by atoms with van der Waals surface area (Å²) < 4.78 is 28.1. The largest absolute Gasteiger partial charge is 0.391 e. The van der Waals surface area contributed by atoms with Crippen molar-refractivity contribution in [2.24, 2.45) is 0 Å². The summed E-state index contributed by atoms with van der Waals surface area (Å²) in [4.78, 5) is 0.713. The van der Waals surface area contributed by atoms with Crippen molar-refractivity contribution in [2.75, 3.05) is 13.1 Å². The molecule has 2 aromatic rings. The Morgan fingerprint density at radius 3 is 2.62 bits per heavy atom. The average Bonchev–Trinajstić information content (AvgIpc) is 2.83. The van der Waals surface area contributed by atoms with Crippen LogP contribution in [0.3, 0.4) is 0 Å². The molecule has 0 aliphatic carbocycles. The summed E-state index contributed by atoms with van der Waals surface area (Å²) in [7, 11) is -3.65. The summed E-state index contributed by atoms with van der Waals surface area (Å²) in [6.07, 6.45) is 0. The van der Waals surface area contributed by atoms with Crippen molar-refractivity contribution >= 4 is 31.4 Å². The van der Waals surface area contributed by atoms with E-state index in [-0.39, 0.29) is 18.0 Å². The minimum absolute atomic E-state index is 0.230. The van der Waals surface area contributed by atoms with Gasteiger partial charge < -0.3 is 5.11 Å². The molecule has 0 aliphatic heterocycles. The number of benzene rings is 1. The van der Waals surface area contributed by atoms with E-state index in [9.17, 15) is 13.5 Å². The third kappa shape index (κ3) is 3.03. The van der Waals surface area contributed by atoms with Gasteiger partial charge >= 0.3 is 0 Å². The fourth-order valence-electron chi connectivity index (χ4n) is 2.26. The number of sulfonamides is 1. The Labute approximate surface area is 129 Å². The first-order valence-electron chi connectivity index (χ1n) is 6.67. The van der Waals surface area contributed by atoms with Crippen LogP contribution < -0.4 is 0 Å². The van der Waals surface area contributed by atoms with Crippen molar-refractivity contribution in [3.8, 4) is 0 Å². The molecule has 1 N–H and O–H groups in total. The van der Waals surface area contributed by atoms with Crippen LogP contribution in [0, 0.1) is 0 Å². The second kappa shape index (κ2) is 6.27. The van der Waals surface area contributed by atoms with E-state index in [0.717, 1.165) is 10.3 Å². The fourth-order valence-corrected chi connectivity index (χ4v) is 5.52. The lowest BCUT2D eigenvalue weighted by Gasteiger charge is -2.21. The highest BCUT2D eigenvalue weighted by molar-refractivity contribution is 7.89. The van der Waals surface area contributed by atoms with E-state index in [1.165, 1.54) is 15.6 Å². The van der Waals surface area contributed by atoms with Crippen LogP contribution in [0.4, 0.5) is 0 Å². The molecule has 6 heteroatoms. The van der Waals surface area contributed by atoms with Crippen LogP contribution in [-0.2, 0) is 16.6 Å². The Kier molecular flexibility index (Phi) is 4.83. The van der Waals surface area contributed by atoms with Gasteiger partial charge in [0.05, 0.1) is 11.5 Å². The maximum atomic E-state index is 12.9. The number of aliphatic hydroxyl groups is 1. The van der Waals surface area contributed by atoms with Gasteiger partial charge in [0, 0.05) is 23.2 Å². The number of fused-ring (bicyclic) bond motifs is 1. The zero-order valence-electron chi connectivity index (χ0n) is 12.2. The van der Waals surface area contributed by atoms with E-state index in [2.05, 4.69) is 6.58 Å². The molecular weight excluding hydrogens is 306 g/mol. The van der Waals surface area contributed by atoms with E-state index in [1.54, 1.807) is 19.9 Å². The van der Waals surface area contributed by atoms with Crippen molar-refractivity contribution in [1.82, 2.24) is 4.31 Å². The molecule has 0 fully saturated rings. The van der Waals surface area contributed by atoms with Crippen LogP contribution in [0.2, 0.25) is 0 Å². The Morgan fingerprint density at radius 2 is 2.05 bits per heavy atom. The molecule has 1 aromatic heterocycles. The lowest BCUT2D eigenvalue weighted by atomic mass is 10.2. The Balaban J connectivity index is 2.65. The van der Waals surface area contributed by atoms with Gasteiger partial charge in [-0.15, -0.1) is 11.3 Å². The summed E-state index contributed by atoms with van der Waals surface area (Å²) in [5, 5.41) is 10.2. The van der Waals surface area contributed by atoms with E-state index in [4.69, 9.17) is 0 Å². The average molecular weight is 325 g/mol. The van der Waals surface area contributed by atoms with Gasteiger partial charge in [0.25, 0.3) is 0 Å². The highest BCUT2D eigenvalue weighted by Gasteiger charge is 2.29. The normalized spacial score (nSPS) is 12.2. The first-order valence-corrected chi connectivity index (χ1v) is 8.93. The molecular formula is C15H19NO3S2. The monoisotopic (exact) mass is 325 g/mol. The number of rotatable bonds is 6. The molecule has 0 atom stereocenters. The zero-order valence-corrected chi connectivity index (χ0v) is 13.8. The number of nitrogens with zero attached hydrogens (tertiary/aromatic N) is 1. The van der Waals surface area contributed by atoms with E-state index in [0.29, 0.717) is 16.8 Å². The molecule has 1 aromatic carbocycles. The van der Waals surface area contributed by atoms with Gasteiger partial charge in [0.15, 0.2) is 0 Å². The second-order valence-corrected chi connectivity index (χ2v) is 7.91. The van der Waals surface area contributed by atoms with Crippen LogP contribution in [0.5, 0.6) is 0 Å². The third-order valence-electron chi connectivity index (χ3n) is 3.16. The van der Waals surface area contributed by atoms with Gasteiger partial charge in [-0.05, 0) is 13.0 Å². The molecule has 2 rings (SSSR count). The van der Waals surface area contributed by atoms with Crippen LogP contribution in [0.15, 0.2) is 41.3 Å². The van der Waals surface area contributed by atoms with E-state index >= 15 is 0 Å². The highest BCUT2D eigenvalue weighted by atomic mass is 32.2. The molecule has 0 amide bonds. The Bertz CT molecular complexity index is 762. The first kappa shape index (κ1) is 16.2. The van der Waals surface area contributed by atoms with Crippen LogP contribution >= 0.6 is 11.3 Å². The molecule has 0 saturated carbocycles. The van der Waals surface area contributed by atoms with Crippen molar-refractivity contribution < 1.29 is 13.5 Å². The van der Waals surface area contributed by atoms with Gasteiger partial charge in [-0.1, -0.05) is 37.3 Å². The predicted molar refractivity (Wildman–Crippen MR) is 87.0 cm³/mol. The summed E-state index contributed by atoms with van der Waals surface area (Å²) in [5.74, 6) is 0. The number of thiophene rings is 1. The Hall–Kier alpha value is -1.21. The minimum atomic E-state index is -3.65. The fraction of sp³-hybridized carbons (Fsp3) is 0.333. The minimum Gasteiger partial charge on any atom is -0.391 e. The topological polar surface area (TPSA) is 57.6 Å². The van der Waals surface area contributed by atoms with Crippen LogP contribution in [-0.4, -0.2) is 30.9 Å². The molecule has 0 radical (unpaired) electrons. The predicted octanol–water partition coefficient (Wildman–Crippen LogP) is 2.98. The molecule has 0 aliphatic rings. The summed E-state index contributed by atoms with van der Waals surface area (Å²) >= 11 is 1.32. The van der Waals surface area contributed by atoms with Gasteiger partial charge in [-0.2, -0.15) is 4.31 Å². The summed E-state index contributed by atoms with van der Waals surface area (Å²) in [5.41, 5.74) is 0.783. The van der Waals surface area contributed by atoms with Gasteiger partial charge in [0.2, 0.25) is 10.0 Å². The van der Waals surface area contributed by atoms with Gasteiger partial charge in [-0.25, -0.2) is 8.42 Å². The maximum Gasteiger partial charge on any atom is 0.245 e. The number of aliphatic hydroxyl groups excluding tert-OH is 1. The molecule has 0 unspecified atom stereocenters. The SMILES string of the molecule is C=C(C)CN(CC)S(=O)(=O)c1c(CO)sc2ccccc12. The van der Waals surface area contributed by atoms with Crippen molar-refractivity contribution in [3.63, 3.8) is 0 Å². The Morgan fingerprint density at radius 1 is 1.38 bits per heavy atom. The van der Waals surface area contributed by atoms with Crippen molar-refractivity contribution in [3.05, 3.63) is 41.3 Å². The van der Waals surface area contributed by atoms with E-state index in [1.807, 2.05) is 18.2 Å². The smallest absolute Gasteiger partial charge is 0.245 e. The molecule has 21 heavy (non-hydrogen) atoms. The molecule has 4 nitrogen and oxygen atoms in total. The zero-order chi connectivity index (χ0) is 15.6. The van der Waals surface area contributed by atoms with Crippen LogP contribution in [0.1, 0.15) is 18.7 Å². The number of hydrogen-bond donors (Lipinski definition) is 1. The molecule has 1 heterocycles. The standard InChI is InChI=1S/C15H19NO3S2/c1-4-16(9-11(2)3)21(18,19)15-12-7-5-6-8-13(12)20-14(15)10-17/h5-8,17H,2,4,9-10H2,1,3H3. The second-order valence-electron chi connectivity index (χ2n) is 4.90. The van der Waals surface area contributed by atoms with Gasteiger partial charge in [-0.3, -0.25) is 0 Å². The quantitative estimate of drug-likeness (QED) is 0.831. The summed E-state index contributed by atoms with van der Waals surface area (Å²) in [6, 6.07) is 7.33. The lowest BCUT2D eigenvalue weighted by molar-refractivity contribution is 0.282. The lowest BCUT2D eigenvalue weighted by Crippen LogP contribution is -2.32. The first-order chi connectivity index (χ1) is 9.91. The third-order valence-corrected chi connectivity index (χ3v) is 6.49. The van der Waals surface area contributed by atoms with Gasteiger partial charge in [0.1, 0.15) is 4.90 Å². The maximum absolute atomic E-state index is 12.9. The summed E-state index contributed by atoms with van der Waals surface area (Å²) in [6.45, 7) is 7.76.